The van der Waals surface area contributed by atoms with Crippen LogP contribution in [-0.2, 0) is 19.1 Å². The number of hydrogen-bond acceptors (Lipinski definition) is 4. The van der Waals surface area contributed by atoms with Gasteiger partial charge < -0.3 is 9.84 Å². The third-order valence-electron chi connectivity index (χ3n) is 0.748. The van der Waals surface area contributed by atoms with Crippen molar-refractivity contribution in [1.82, 2.24) is 0 Å². The van der Waals surface area contributed by atoms with Crippen LogP contribution in [0.3, 0.4) is 0 Å². The van der Waals surface area contributed by atoms with E-state index < -0.39 is 5.97 Å². The average Bonchev–Trinajstić information content (AvgIpc) is 1.83. The monoisotopic (exact) mass is 190 g/mol. The Bertz CT molecular complexity index is 173. The Balaban J connectivity index is 0. The van der Waals surface area contributed by atoms with Crippen molar-refractivity contribution in [1.29, 1.82) is 0 Å². The van der Waals surface area contributed by atoms with Crippen LogP contribution in [0, 0.1) is 0 Å². The Kier molecular flexibility index (Phi) is 9.48. The largest absolute Gasteiger partial charge is 0.481 e. The van der Waals surface area contributed by atoms with Crippen molar-refractivity contribution in [3.63, 3.8) is 0 Å². The fraction of sp³-hybridized carbons (Fsp3) is 0.625. The number of rotatable bonds is 3. The quantitative estimate of drug-likeness (QED) is 0.521. The first-order chi connectivity index (χ1) is 5.90. The summed E-state index contributed by atoms with van der Waals surface area (Å²) in [5, 5.41) is 7.86. The van der Waals surface area contributed by atoms with Gasteiger partial charge in [0.2, 0.25) is 0 Å². The topological polar surface area (TPSA) is 80.7 Å². The highest BCUT2D eigenvalue weighted by atomic mass is 16.5. The molecule has 0 bridgehead atoms. The molecule has 0 saturated heterocycles. The molecule has 1 N–H and O–H groups in total. The van der Waals surface area contributed by atoms with Crippen molar-refractivity contribution in [2.24, 2.45) is 0 Å². The zero-order valence-corrected chi connectivity index (χ0v) is 7.99. The van der Waals surface area contributed by atoms with Gasteiger partial charge >= 0.3 is 11.9 Å². The molecule has 0 amide bonds. The number of carbonyl (C=O) groups is 3. The summed E-state index contributed by atoms with van der Waals surface area (Å²) in [4.78, 5) is 29.3. The minimum absolute atomic E-state index is 0.211. The van der Waals surface area contributed by atoms with Crippen molar-refractivity contribution >= 4 is 17.7 Å². The van der Waals surface area contributed by atoms with Gasteiger partial charge in [-0.25, -0.2) is 0 Å². The third kappa shape index (κ3) is 25.0. The lowest BCUT2D eigenvalue weighted by Gasteiger charge is -1.89. The third-order valence-corrected chi connectivity index (χ3v) is 0.748. The lowest BCUT2D eigenvalue weighted by Crippen LogP contribution is -2.00. The molecule has 0 aromatic heterocycles. The van der Waals surface area contributed by atoms with Gasteiger partial charge in [0, 0.05) is 6.92 Å². The Morgan fingerprint density at radius 1 is 1.23 bits per heavy atom. The zero-order chi connectivity index (χ0) is 10.9. The number of hydrogen-bond donors (Lipinski definition) is 1. The van der Waals surface area contributed by atoms with Crippen LogP contribution < -0.4 is 0 Å². The van der Waals surface area contributed by atoms with Crippen LogP contribution in [0.5, 0.6) is 0 Å². The molecule has 0 heterocycles. The second-order valence-corrected chi connectivity index (χ2v) is 2.20. The minimum atomic E-state index is -1.06. The SMILES string of the molecule is CC(=O)CC(=O)O.CCOC(C)=O. The van der Waals surface area contributed by atoms with E-state index in [4.69, 9.17) is 5.11 Å². The summed E-state index contributed by atoms with van der Waals surface area (Å²) in [6.07, 6.45) is -0.361. The molecule has 13 heavy (non-hydrogen) atoms. The van der Waals surface area contributed by atoms with E-state index in [9.17, 15) is 14.4 Å². The molecule has 0 saturated carbocycles. The lowest BCUT2D eigenvalue weighted by atomic mass is 10.3. The van der Waals surface area contributed by atoms with Crippen molar-refractivity contribution in [2.45, 2.75) is 27.2 Å². The second-order valence-electron chi connectivity index (χ2n) is 2.20. The van der Waals surface area contributed by atoms with E-state index >= 15 is 0 Å². The number of carboxylic acids is 1. The Labute approximate surface area is 76.7 Å². The molecule has 0 aliphatic carbocycles. The molecule has 0 aliphatic heterocycles. The smallest absolute Gasteiger partial charge is 0.310 e. The van der Waals surface area contributed by atoms with E-state index in [-0.39, 0.29) is 18.2 Å². The normalized spacial score (nSPS) is 7.92. The van der Waals surface area contributed by atoms with Crippen molar-refractivity contribution in [2.75, 3.05) is 6.61 Å². The predicted molar refractivity (Wildman–Crippen MR) is 45.2 cm³/mol. The maximum absolute atomic E-state index is 9.87. The highest BCUT2D eigenvalue weighted by molar-refractivity contribution is 5.93. The number of carbonyl (C=O) groups excluding carboxylic acids is 2. The fourth-order valence-corrected chi connectivity index (χ4v) is 0.416. The Hall–Kier alpha value is -1.39. The van der Waals surface area contributed by atoms with Gasteiger partial charge in [0.1, 0.15) is 12.2 Å². The van der Waals surface area contributed by atoms with Crippen LogP contribution in [0.15, 0.2) is 0 Å². The summed E-state index contributed by atoms with van der Waals surface area (Å²) in [5.41, 5.74) is 0. The first kappa shape index (κ1) is 14.2. The predicted octanol–water partition coefficient (Wildman–Crippen LogP) is 0.619. The highest BCUT2D eigenvalue weighted by Gasteiger charge is 1.98. The number of carboxylic acid groups (broad SMARTS) is 1. The molecule has 0 rings (SSSR count). The summed E-state index contributed by atoms with van der Waals surface area (Å²) >= 11 is 0. The molecule has 0 unspecified atom stereocenters. The summed E-state index contributed by atoms with van der Waals surface area (Å²) in [5.74, 6) is -1.59. The van der Waals surface area contributed by atoms with Crippen molar-refractivity contribution < 1.29 is 24.2 Å². The van der Waals surface area contributed by atoms with Gasteiger partial charge in [0.15, 0.2) is 0 Å². The van der Waals surface area contributed by atoms with Crippen molar-refractivity contribution in [3.8, 4) is 0 Å². The molecular weight excluding hydrogens is 176 g/mol. The second kappa shape index (κ2) is 8.70. The van der Waals surface area contributed by atoms with E-state index in [1.165, 1.54) is 13.8 Å². The first-order valence-corrected chi connectivity index (χ1v) is 3.74. The van der Waals surface area contributed by atoms with Crippen LogP contribution in [-0.4, -0.2) is 29.4 Å². The minimum Gasteiger partial charge on any atom is -0.481 e. The van der Waals surface area contributed by atoms with Gasteiger partial charge in [-0.1, -0.05) is 0 Å². The lowest BCUT2D eigenvalue weighted by molar-refractivity contribution is -0.141. The van der Waals surface area contributed by atoms with E-state index in [0.717, 1.165) is 0 Å². The number of esters is 1. The number of aliphatic carboxylic acids is 1. The molecule has 0 aliphatic rings. The summed E-state index contributed by atoms with van der Waals surface area (Å²) < 4.78 is 4.40. The van der Waals surface area contributed by atoms with Crippen LogP contribution >= 0.6 is 0 Å². The molecule has 0 atom stereocenters. The Morgan fingerprint density at radius 2 is 1.69 bits per heavy atom. The molecule has 5 nitrogen and oxygen atoms in total. The summed E-state index contributed by atoms with van der Waals surface area (Å²) in [7, 11) is 0. The van der Waals surface area contributed by atoms with E-state index in [1.54, 1.807) is 6.92 Å². The zero-order valence-electron chi connectivity index (χ0n) is 7.99. The summed E-state index contributed by atoms with van der Waals surface area (Å²) in [6, 6.07) is 0. The van der Waals surface area contributed by atoms with Crippen LogP contribution in [0.25, 0.3) is 0 Å². The van der Waals surface area contributed by atoms with E-state index in [1.807, 2.05) is 0 Å². The van der Waals surface area contributed by atoms with E-state index in [2.05, 4.69) is 4.74 Å². The molecule has 0 spiro atoms. The number of ether oxygens (including phenoxy) is 1. The number of ketones is 1. The average molecular weight is 190 g/mol. The van der Waals surface area contributed by atoms with Crippen LogP contribution in [0.4, 0.5) is 0 Å². The van der Waals surface area contributed by atoms with Gasteiger partial charge in [-0.2, -0.15) is 0 Å². The fourth-order valence-electron chi connectivity index (χ4n) is 0.416. The van der Waals surface area contributed by atoms with E-state index in [0.29, 0.717) is 6.61 Å². The molecule has 76 valence electrons. The molecule has 0 aromatic rings. The number of Topliss-reactive ketones (excluding diaryl/α,β-unsaturated/α-hetero) is 1. The van der Waals surface area contributed by atoms with Gasteiger partial charge in [-0.3, -0.25) is 14.4 Å². The standard InChI is InChI=1S/C4H6O3.C4H8O2/c1-3(5)2-4(6)7;1-3-6-4(2)5/h2H2,1H3,(H,6,7);3H2,1-2H3. The maximum atomic E-state index is 9.87. The van der Waals surface area contributed by atoms with Gasteiger partial charge in [0.25, 0.3) is 0 Å². The molecule has 0 radical (unpaired) electrons. The van der Waals surface area contributed by atoms with Gasteiger partial charge in [-0.15, -0.1) is 0 Å². The van der Waals surface area contributed by atoms with Gasteiger partial charge in [0.05, 0.1) is 6.61 Å². The van der Waals surface area contributed by atoms with Crippen LogP contribution in [0.1, 0.15) is 27.2 Å². The van der Waals surface area contributed by atoms with Crippen molar-refractivity contribution in [3.05, 3.63) is 0 Å². The highest BCUT2D eigenvalue weighted by Crippen LogP contribution is 1.77. The maximum Gasteiger partial charge on any atom is 0.310 e. The molecule has 0 fully saturated rings. The first-order valence-electron chi connectivity index (χ1n) is 3.74. The molecular formula is C8H14O5. The van der Waals surface area contributed by atoms with Gasteiger partial charge in [-0.05, 0) is 13.8 Å². The van der Waals surface area contributed by atoms with Crippen LogP contribution in [0.2, 0.25) is 0 Å². The molecule has 5 heteroatoms. The Morgan fingerprint density at radius 3 is 1.69 bits per heavy atom. The summed E-state index contributed by atoms with van der Waals surface area (Å²) in [6.45, 7) is 4.90. The molecule has 0 aromatic carbocycles.